The Hall–Kier alpha value is 1.22. The van der Waals surface area contributed by atoms with E-state index in [-0.39, 0.29) is 52.8 Å². The monoisotopic (exact) mass is 198 g/mol. The Morgan fingerprint density at radius 1 is 1.40 bits per heavy atom. The summed E-state index contributed by atoms with van der Waals surface area (Å²) in [7, 11) is -4.64. The third-order valence-electron chi connectivity index (χ3n) is 0. The average Bonchev–Trinajstić information content (AvgIpc) is 1.19. The van der Waals surface area contributed by atoms with Gasteiger partial charge in [-0.25, -0.2) is 4.57 Å². The molecule has 0 aromatic heterocycles. The van der Waals surface area contributed by atoms with Gasteiger partial charge in [0, 0.05) is 6.92 Å². The van der Waals surface area contributed by atoms with Gasteiger partial charge in [0.05, 0.1) is 0 Å². The molecule has 0 radical (unpaired) electrons. The van der Waals surface area contributed by atoms with Crippen LogP contribution in [0.4, 0.5) is 0 Å². The fourth-order valence-electron chi connectivity index (χ4n) is 0. The van der Waals surface area contributed by atoms with Crippen molar-refractivity contribution in [1.82, 2.24) is 0 Å². The molecule has 6 nitrogen and oxygen atoms in total. The van der Waals surface area contributed by atoms with Crippen LogP contribution < -0.4 is 51.4 Å². The normalized spacial score (nSPS) is 8.40. The number of carboxylic acids is 1. The molecule has 58 valence electrons. The second kappa shape index (κ2) is 8.31. The molecule has 0 amide bonds. The Kier molecular flexibility index (Phi) is 14.4. The quantitative estimate of drug-likeness (QED) is 0.235. The summed E-state index contributed by atoms with van der Waals surface area (Å²) in [6, 6.07) is 0. The first-order chi connectivity index (χ1) is 3.73. The van der Waals surface area contributed by atoms with Crippen molar-refractivity contribution < 1.29 is 82.0 Å². The van der Waals surface area contributed by atoms with Gasteiger partial charge in [-0.1, -0.05) is 0 Å². The zero-order valence-electron chi connectivity index (χ0n) is 6.55. The Balaban J connectivity index is -0.0000000383. The van der Waals surface area contributed by atoms with E-state index >= 15 is 0 Å². The van der Waals surface area contributed by atoms with Gasteiger partial charge in [-0.05, 0) is 0 Å². The van der Waals surface area contributed by atoms with Gasteiger partial charge in [-0.3, -0.25) is 4.79 Å². The first kappa shape index (κ1) is 17.3. The van der Waals surface area contributed by atoms with Crippen LogP contribution in [-0.2, 0) is 9.36 Å². The maximum absolute atomic E-state index is 9.00. The van der Waals surface area contributed by atoms with Gasteiger partial charge >= 0.3 is 59.2 Å². The maximum atomic E-state index is 9.00. The summed E-state index contributed by atoms with van der Waals surface area (Å²) in [5.74, 6) is -0.833. The Labute approximate surface area is 101 Å². The molecule has 0 aromatic rings. The summed E-state index contributed by atoms with van der Waals surface area (Å²) in [5.41, 5.74) is 0. The van der Waals surface area contributed by atoms with E-state index in [1.54, 1.807) is 0 Å². The standard InChI is InChI=1S/C2H4O2.K.H3O4P.H/c1-2(3)4;;1-5(2,3)4;/h1H3,(H,3,4);;(H3,1,2,3,4);/q;+1;;-1. The fraction of sp³-hybridized carbons (Fsp3) is 0.500. The van der Waals surface area contributed by atoms with Crippen molar-refractivity contribution in [3.63, 3.8) is 0 Å². The van der Waals surface area contributed by atoms with Crippen LogP contribution in [0.15, 0.2) is 0 Å². The van der Waals surface area contributed by atoms with Crippen molar-refractivity contribution in [3.8, 4) is 0 Å². The molecule has 0 unspecified atom stereocenters. The minimum atomic E-state index is -4.64. The van der Waals surface area contributed by atoms with Crippen LogP contribution in [0.5, 0.6) is 0 Å². The first-order valence-corrected chi connectivity index (χ1v) is 3.28. The zero-order valence-corrected chi connectivity index (χ0v) is 9.57. The van der Waals surface area contributed by atoms with Gasteiger partial charge in [0.1, 0.15) is 0 Å². The Morgan fingerprint density at radius 2 is 1.40 bits per heavy atom. The van der Waals surface area contributed by atoms with Crippen molar-refractivity contribution in [3.05, 3.63) is 0 Å². The molecule has 8 heteroatoms. The van der Waals surface area contributed by atoms with Crippen LogP contribution in [-0.4, -0.2) is 25.8 Å². The van der Waals surface area contributed by atoms with E-state index in [1.807, 2.05) is 0 Å². The predicted molar refractivity (Wildman–Crippen MR) is 28.7 cm³/mol. The second-order valence-corrected chi connectivity index (χ2v) is 2.06. The van der Waals surface area contributed by atoms with Crippen LogP contribution in [0.3, 0.4) is 0 Å². The number of phosphoric acid groups is 1. The molecule has 0 aliphatic heterocycles. The molecule has 0 aliphatic carbocycles. The molecule has 0 heterocycles. The van der Waals surface area contributed by atoms with Crippen LogP contribution in [0.2, 0.25) is 0 Å². The van der Waals surface area contributed by atoms with Crippen molar-refractivity contribution >= 4 is 13.8 Å². The number of hydrogen-bond acceptors (Lipinski definition) is 2. The van der Waals surface area contributed by atoms with E-state index in [9.17, 15) is 0 Å². The van der Waals surface area contributed by atoms with E-state index in [4.69, 9.17) is 29.1 Å². The maximum Gasteiger partial charge on any atom is 1.00 e. The smallest absolute Gasteiger partial charge is 1.00 e. The number of rotatable bonds is 0. The molecule has 0 saturated heterocycles. The van der Waals surface area contributed by atoms with Gasteiger partial charge in [0.2, 0.25) is 0 Å². The number of hydrogen-bond donors (Lipinski definition) is 4. The third-order valence-corrected chi connectivity index (χ3v) is 0. The molecular weight excluding hydrogens is 190 g/mol. The summed E-state index contributed by atoms with van der Waals surface area (Å²) < 4.78 is 8.88. The fourth-order valence-corrected chi connectivity index (χ4v) is 0. The van der Waals surface area contributed by atoms with E-state index in [1.165, 1.54) is 0 Å². The minimum Gasteiger partial charge on any atom is -1.00 e. The molecule has 0 fully saturated rings. The minimum absolute atomic E-state index is 0. The van der Waals surface area contributed by atoms with Crippen molar-refractivity contribution in [2.75, 3.05) is 0 Å². The molecule has 0 bridgehead atoms. The number of carboxylic acid groups (broad SMARTS) is 1. The SMILES string of the molecule is CC(=O)O.O=P(O)(O)O.[H-].[K+]. The zero-order chi connectivity index (χ0) is 8.08. The second-order valence-electron chi connectivity index (χ2n) is 1.03. The third kappa shape index (κ3) is 421. The summed E-state index contributed by atoms with van der Waals surface area (Å²) in [6.45, 7) is 1.08. The molecule has 0 rings (SSSR count). The molecule has 4 N–H and O–H groups in total. The molecule has 0 atom stereocenters. The number of carbonyl (C=O) groups is 1. The van der Waals surface area contributed by atoms with Crippen molar-refractivity contribution in [2.45, 2.75) is 6.92 Å². The van der Waals surface area contributed by atoms with E-state index < -0.39 is 13.8 Å². The van der Waals surface area contributed by atoms with E-state index in [0.29, 0.717) is 0 Å². The van der Waals surface area contributed by atoms with Crippen LogP contribution in [0.1, 0.15) is 8.35 Å². The Morgan fingerprint density at radius 3 is 1.40 bits per heavy atom. The van der Waals surface area contributed by atoms with Gasteiger partial charge in [0.25, 0.3) is 5.97 Å². The van der Waals surface area contributed by atoms with Crippen molar-refractivity contribution in [2.24, 2.45) is 0 Å². The molecule has 0 saturated carbocycles. The molecule has 0 aromatic carbocycles. The first-order valence-electron chi connectivity index (χ1n) is 1.71. The summed E-state index contributed by atoms with van der Waals surface area (Å²) >= 11 is 0. The molecule has 0 aliphatic rings. The van der Waals surface area contributed by atoms with Gasteiger partial charge in [-0.15, -0.1) is 0 Å². The summed E-state index contributed by atoms with van der Waals surface area (Å²) in [4.78, 5) is 30.6. The Bertz CT molecular complexity index is 120. The summed E-state index contributed by atoms with van der Waals surface area (Å²) in [5, 5.41) is 7.42. The van der Waals surface area contributed by atoms with Crippen LogP contribution >= 0.6 is 7.82 Å². The predicted octanol–water partition coefficient (Wildman–Crippen LogP) is -3.72. The summed E-state index contributed by atoms with van der Waals surface area (Å²) in [6.07, 6.45) is 0. The largest absolute Gasteiger partial charge is 1.00 e. The van der Waals surface area contributed by atoms with Crippen LogP contribution in [0, 0.1) is 0 Å². The van der Waals surface area contributed by atoms with Gasteiger partial charge in [-0.2, -0.15) is 0 Å². The van der Waals surface area contributed by atoms with Gasteiger partial charge < -0.3 is 21.2 Å². The topological polar surface area (TPSA) is 115 Å². The van der Waals surface area contributed by atoms with Gasteiger partial charge in [0.15, 0.2) is 0 Å². The number of aliphatic carboxylic acids is 1. The molecular formula is C2H8KO6P. The van der Waals surface area contributed by atoms with Crippen molar-refractivity contribution in [1.29, 1.82) is 0 Å². The molecule has 10 heavy (non-hydrogen) atoms. The van der Waals surface area contributed by atoms with E-state index in [0.717, 1.165) is 6.92 Å². The van der Waals surface area contributed by atoms with Crippen LogP contribution in [0.25, 0.3) is 0 Å². The average molecular weight is 198 g/mol. The molecule has 0 spiro atoms. The van der Waals surface area contributed by atoms with E-state index in [2.05, 4.69) is 0 Å².